The largest absolute Gasteiger partial charge is 0.506 e. The molecule has 1 aliphatic carbocycles. The van der Waals surface area contributed by atoms with Crippen molar-refractivity contribution in [3.8, 4) is 80.1 Å². The molecule has 7 atom stereocenters. The number of esters is 5. The van der Waals surface area contributed by atoms with Gasteiger partial charge >= 0.3 is 29.8 Å². The minimum Gasteiger partial charge on any atom is -0.506 e. The van der Waals surface area contributed by atoms with Gasteiger partial charge in [-0.1, -0.05) is 0 Å². The molecule has 0 saturated heterocycles. The van der Waals surface area contributed by atoms with Crippen molar-refractivity contribution >= 4 is 29.8 Å². The molecule has 5 aliphatic rings. The Morgan fingerprint density at radius 2 is 1.04 bits per heavy atom. The predicted molar refractivity (Wildman–Crippen MR) is 207 cm³/mol. The second-order valence-corrected chi connectivity index (χ2v) is 15.0. The van der Waals surface area contributed by atoms with E-state index in [-0.39, 0.29) is 0 Å². The minimum atomic E-state index is -2.77. The number of carbonyl (C=O) groups is 5. The van der Waals surface area contributed by atoms with Crippen LogP contribution in [0, 0.1) is 0 Å². The Kier molecular flexibility index (Phi) is 10.3. The van der Waals surface area contributed by atoms with Gasteiger partial charge in [-0.25, -0.2) is 24.0 Å². The summed E-state index contributed by atoms with van der Waals surface area (Å²) >= 11 is 0. The number of ether oxygens (including phenoxy) is 5. The summed E-state index contributed by atoms with van der Waals surface area (Å²) < 4.78 is 27.7. The monoisotopic (exact) mass is 938 g/mol. The van der Waals surface area contributed by atoms with E-state index in [2.05, 4.69) is 0 Å². The van der Waals surface area contributed by atoms with Crippen molar-refractivity contribution in [1.29, 1.82) is 0 Å². The van der Waals surface area contributed by atoms with E-state index in [1.165, 1.54) is 0 Å². The first-order valence-corrected chi connectivity index (χ1v) is 18.8. The lowest BCUT2D eigenvalue weighted by Gasteiger charge is -2.41. The maximum absolute atomic E-state index is 14.7. The molecule has 4 aliphatic heterocycles. The van der Waals surface area contributed by atoms with Gasteiger partial charge in [0.15, 0.2) is 87.7 Å². The number of fused-ring (bicyclic) bond motifs is 6. The van der Waals surface area contributed by atoms with E-state index >= 15 is 0 Å². The molecule has 26 nitrogen and oxygen atoms in total. The molecule has 4 aromatic carbocycles. The molecule has 26 heteroatoms. The molecule has 9 rings (SSSR count). The summed E-state index contributed by atoms with van der Waals surface area (Å²) in [6, 6.07) is 1.87. The second kappa shape index (κ2) is 15.5. The third kappa shape index (κ3) is 6.69. The molecule has 350 valence electrons. The van der Waals surface area contributed by atoms with Crippen LogP contribution in [0.5, 0.6) is 69.0 Å². The lowest BCUT2D eigenvalue weighted by molar-refractivity contribution is -0.182. The number of phenolic OH excluding ortho intramolecular Hbond substituents is 12. The number of hydrogen-bond donors (Lipinski definition) is 16. The van der Waals surface area contributed by atoms with Crippen LogP contribution in [0.3, 0.4) is 0 Å². The maximum Gasteiger partial charge on any atom is 0.339 e. The number of benzene rings is 4. The first kappa shape index (κ1) is 44.4. The van der Waals surface area contributed by atoms with Crippen LogP contribution in [0.15, 0.2) is 47.4 Å². The van der Waals surface area contributed by atoms with Gasteiger partial charge in [0, 0.05) is 22.3 Å². The van der Waals surface area contributed by atoms with E-state index < -0.39 is 210 Å². The van der Waals surface area contributed by atoms with Crippen molar-refractivity contribution < 1.29 is 129 Å². The van der Waals surface area contributed by atoms with Crippen molar-refractivity contribution in [1.82, 2.24) is 0 Å². The van der Waals surface area contributed by atoms with Crippen molar-refractivity contribution in [2.75, 3.05) is 6.61 Å². The second-order valence-electron chi connectivity index (χ2n) is 15.0. The van der Waals surface area contributed by atoms with Crippen LogP contribution >= 0.6 is 0 Å². The number of allylic oxidation sites excluding steroid dienone is 1. The Balaban J connectivity index is 1.40. The fourth-order valence-electron chi connectivity index (χ4n) is 8.04. The minimum absolute atomic E-state index is 0.387. The van der Waals surface area contributed by atoms with Crippen LogP contribution in [0.1, 0.15) is 64.6 Å². The van der Waals surface area contributed by atoms with Crippen LogP contribution in [0.2, 0.25) is 0 Å². The van der Waals surface area contributed by atoms with Crippen LogP contribution in [0.25, 0.3) is 11.1 Å². The third-order valence-corrected chi connectivity index (χ3v) is 11.2. The Morgan fingerprint density at radius 1 is 0.507 bits per heavy atom. The van der Waals surface area contributed by atoms with Gasteiger partial charge in [0.1, 0.15) is 18.8 Å². The standard InChI is InChI=1S/C41H30O26/c42-11-1-7(2-12(43)23(11)47)37(58)64-16-6-63-38(59)8-3-13(44)24(48)27(51)17(8)18-9(4-14(45)25(49)28(18)52)39(60)65-34(16)36-35-32(56)22-21(41(62)66-35)20(30(54)33(57)31(22)55)19-10(40(61)67-36)5-15(46)26(50)29(19)53/h1-5,16,18,28,32,34-36,42-57H,6H2/t16-,18+,28-,32+,34+,35+,36-/m0/s1. The van der Waals surface area contributed by atoms with E-state index in [1.54, 1.807) is 0 Å². The molecule has 4 bridgehead atoms. The molecule has 16 N–H and O–H groups in total. The number of rotatable bonds is 3. The molecule has 67 heavy (non-hydrogen) atoms. The zero-order chi connectivity index (χ0) is 49.0. The SMILES string of the molecule is O=C1O[C@@H]([C@@H]2OC(=O)c3cc(O)c(O)c(O)c3-c3c(O)c(O)c(O)c4c3C(=O)O[C@@H]2[C@@H]4O)[C@@H](OC(=O)c2cc(O)c(O)c(O)c2)COC(=O)c2cc(O)c(O)c(O)c2[C@H]2C1=CC(O)=C(O)[C@H]2O. The third-order valence-electron chi connectivity index (χ3n) is 11.2. The molecule has 0 amide bonds. The van der Waals surface area contributed by atoms with Gasteiger partial charge in [0.05, 0.1) is 33.7 Å². The molecule has 4 heterocycles. The Morgan fingerprint density at radius 3 is 1.69 bits per heavy atom. The summed E-state index contributed by atoms with van der Waals surface area (Å²) in [4.78, 5) is 71.0. The van der Waals surface area contributed by atoms with Gasteiger partial charge in [-0.15, -0.1) is 0 Å². The number of aliphatic hydroxyl groups excluding tert-OH is 4. The van der Waals surface area contributed by atoms with Crippen LogP contribution in [-0.4, -0.2) is 149 Å². The lowest BCUT2D eigenvalue weighted by atomic mass is 9.79. The molecular weight excluding hydrogens is 908 g/mol. The smallest absolute Gasteiger partial charge is 0.339 e. The average molecular weight is 939 g/mol. The number of cyclic esters (lactones) is 2. The van der Waals surface area contributed by atoms with Gasteiger partial charge < -0.3 is 105 Å². The van der Waals surface area contributed by atoms with E-state index in [0.29, 0.717) is 30.3 Å². The Bertz CT molecular complexity index is 2960. The highest BCUT2D eigenvalue weighted by molar-refractivity contribution is 6.10. The van der Waals surface area contributed by atoms with E-state index in [0.717, 1.165) is 0 Å². The van der Waals surface area contributed by atoms with Crippen LogP contribution < -0.4 is 0 Å². The number of carbonyl (C=O) groups excluding carboxylic acids is 5. The molecule has 0 unspecified atom stereocenters. The van der Waals surface area contributed by atoms with E-state index in [9.17, 15) is 106 Å². The number of aromatic hydroxyl groups is 12. The average Bonchev–Trinajstić information content (AvgIpc) is 3.29. The fraction of sp³-hybridized carbons (Fsp3) is 0.195. The highest BCUT2D eigenvalue weighted by atomic mass is 16.6. The topological polar surface area (TPSA) is 455 Å². The Labute approximate surface area is 368 Å². The summed E-state index contributed by atoms with van der Waals surface area (Å²) in [7, 11) is 0. The maximum atomic E-state index is 14.7. The summed E-state index contributed by atoms with van der Waals surface area (Å²) in [6.45, 7) is -1.49. The summed E-state index contributed by atoms with van der Waals surface area (Å²) in [5.74, 6) is -29.9. The normalized spacial score (nSPS) is 23.5. The predicted octanol–water partition coefficient (Wildman–Crippen LogP) is 0.652. The fourth-order valence-corrected chi connectivity index (χ4v) is 8.04. The van der Waals surface area contributed by atoms with Gasteiger partial charge in [0.2, 0.25) is 17.2 Å². The van der Waals surface area contributed by atoms with Crippen LogP contribution in [-0.2, 0) is 28.5 Å². The number of aliphatic hydroxyl groups is 4. The molecule has 0 radical (unpaired) electrons. The lowest BCUT2D eigenvalue weighted by Crippen LogP contribution is -2.56. The molecule has 0 fully saturated rings. The van der Waals surface area contributed by atoms with Gasteiger partial charge in [0.25, 0.3) is 0 Å². The zero-order valence-corrected chi connectivity index (χ0v) is 32.9. The quantitative estimate of drug-likeness (QED) is 0.0761. The number of hydrogen-bond acceptors (Lipinski definition) is 26. The van der Waals surface area contributed by atoms with Crippen molar-refractivity contribution in [2.24, 2.45) is 0 Å². The van der Waals surface area contributed by atoms with Crippen molar-refractivity contribution in [2.45, 2.75) is 42.5 Å². The highest BCUT2D eigenvalue weighted by Gasteiger charge is 2.55. The van der Waals surface area contributed by atoms with E-state index in [4.69, 9.17) is 23.7 Å². The van der Waals surface area contributed by atoms with Crippen molar-refractivity contribution in [3.63, 3.8) is 0 Å². The first-order chi connectivity index (χ1) is 31.5. The molecule has 4 aromatic rings. The number of phenols is 12. The highest BCUT2D eigenvalue weighted by Crippen LogP contribution is 2.58. The summed E-state index contributed by atoms with van der Waals surface area (Å²) in [6.07, 6.45) is -15.5. The first-order valence-electron chi connectivity index (χ1n) is 18.8. The van der Waals surface area contributed by atoms with Crippen LogP contribution in [0.4, 0.5) is 0 Å². The summed E-state index contributed by atoms with van der Waals surface area (Å²) in [5.41, 5.74) is -9.50. The summed E-state index contributed by atoms with van der Waals surface area (Å²) in [5, 5.41) is 172. The van der Waals surface area contributed by atoms with Crippen molar-refractivity contribution in [3.05, 3.63) is 80.8 Å². The molecule has 0 saturated carbocycles. The van der Waals surface area contributed by atoms with Gasteiger partial charge in [-0.2, -0.15) is 0 Å². The van der Waals surface area contributed by atoms with Gasteiger partial charge in [-0.3, -0.25) is 0 Å². The van der Waals surface area contributed by atoms with E-state index in [1.807, 2.05) is 0 Å². The molecule has 0 aromatic heterocycles. The molecular formula is C41H30O26. The molecule has 0 spiro atoms. The van der Waals surface area contributed by atoms with Gasteiger partial charge in [-0.05, 0) is 30.3 Å². The Hall–Kier alpha value is -9.17. The zero-order valence-electron chi connectivity index (χ0n) is 32.9.